The number of thiocarbonyl (C=S) groups is 1. The molecule has 2 heteroatoms. The van der Waals surface area contributed by atoms with Crippen molar-refractivity contribution in [2.24, 2.45) is 5.92 Å². The Kier molecular flexibility index (Phi) is 2.38. The average molecular weight is 180 g/mol. The summed E-state index contributed by atoms with van der Waals surface area (Å²) >= 11 is 5.25. The van der Waals surface area contributed by atoms with E-state index in [1.807, 2.05) is 12.2 Å². The second-order valence-corrected chi connectivity index (χ2v) is 3.70. The molecular weight excluding hydrogens is 168 g/mol. The van der Waals surface area contributed by atoms with E-state index in [9.17, 15) is 0 Å². The highest BCUT2D eigenvalue weighted by Gasteiger charge is 2.26. The van der Waals surface area contributed by atoms with Gasteiger partial charge in [-0.1, -0.05) is 30.4 Å². The second-order valence-electron chi connectivity index (χ2n) is 3.22. The van der Waals surface area contributed by atoms with Crippen LogP contribution in [0.5, 0.6) is 0 Å². The Labute approximate surface area is 78.1 Å². The molecule has 2 aliphatic rings. The third kappa shape index (κ3) is 1.50. The van der Waals surface area contributed by atoms with E-state index in [2.05, 4.69) is 12.2 Å². The minimum atomic E-state index is 0.346. The van der Waals surface area contributed by atoms with Crippen molar-refractivity contribution >= 4 is 17.1 Å². The topological polar surface area (TPSA) is 9.23 Å². The lowest BCUT2D eigenvalue weighted by Gasteiger charge is -2.20. The van der Waals surface area contributed by atoms with Gasteiger partial charge in [0, 0.05) is 17.4 Å². The summed E-state index contributed by atoms with van der Waals surface area (Å²) in [6.45, 7) is 0.904. The zero-order valence-electron chi connectivity index (χ0n) is 6.90. The predicted octanol–water partition coefficient (Wildman–Crippen LogP) is 2.28. The molecule has 2 atom stereocenters. The summed E-state index contributed by atoms with van der Waals surface area (Å²) in [6, 6.07) is 0. The fourth-order valence-corrected chi connectivity index (χ4v) is 2.04. The largest absolute Gasteiger partial charge is 0.377 e. The van der Waals surface area contributed by atoms with Crippen LogP contribution >= 0.6 is 12.2 Å². The van der Waals surface area contributed by atoms with Crippen LogP contribution in [0.25, 0.3) is 0 Å². The van der Waals surface area contributed by atoms with Gasteiger partial charge in [0.15, 0.2) is 0 Å². The van der Waals surface area contributed by atoms with Gasteiger partial charge in [0.1, 0.15) is 0 Å². The number of rotatable bonds is 1. The fourth-order valence-electron chi connectivity index (χ4n) is 1.73. The van der Waals surface area contributed by atoms with Crippen molar-refractivity contribution in [2.75, 3.05) is 6.61 Å². The van der Waals surface area contributed by atoms with Gasteiger partial charge >= 0.3 is 0 Å². The van der Waals surface area contributed by atoms with E-state index in [1.54, 1.807) is 0 Å². The highest BCUT2D eigenvalue weighted by molar-refractivity contribution is 7.80. The van der Waals surface area contributed by atoms with E-state index in [0.29, 0.717) is 12.0 Å². The van der Waals surface area contributed by atoms with Crippen molar-refractivity contribution in [2.45, 2.75) is 18.9 Å². The molecule has 1 heterocycles. The van der Waals surface area contributed by atoms with Crippen LogP contribution in [-0.2, 0) is 4.74 Å². The molecule has 64 valence electrons. The van der Waals surface area contributed by atoms with Crippen molar-refractivity contribution in [1.29, 1.82) is 0 Å². The molecule has 1 aliphatic carbocycles. The number of hydrogen-bond donors (Lipinski definition) is 0. The Hall–Kier alpha value is -0.470. The van der Waals surface area contributed by atoms with E-state index in [4.69, 9.17) is 17.0 Å². The van der Waals surface area contributed by atoms with Crippen LogP contribution in [0.15, 0.2) is 24.3 Å². The van der Waals surface area contributed by atoms with Crippen LogP contribution in [0.2, 0.25) is 0 Å². The first-order chi connectivity index (χ1) is 5.88. The average Bonchev–Trinajstić information content (AvgIpc) is 2.57. The van der Waals surface area contributed by atoms with E-state index >= 15 is 0 Å². The summed E-state index contributed by atoms with van der Waals surface area (Å²) < 4.78 is 5.59. The summed E-state index contributed by atoms with van der Waals surface area (Å²) in [7, 11) is 0. The lowest BCUT2D eigenvalue weighted by Crippen LogP contribution is -2.24. The molecule has 2 rings (SSSR count). The van der Waals surface area contributed by atoms with Gasteiger partial charge in [0.05, 0.1) is 6.10 Å². The summed E-state index contributed by atoms with van der Waals surface area (Å²) in [5, 5.41) is 0. The SMILES string of the molecule is S=C1C=CC=CC1C1CCCO1. The van der Waals surface area contributed by atoms with Gasteiger partial charge < -0.3 is 4.74 Å². The van der Waals surface area contributed by atoms with E-state index in [1.165, 1.54) is 6.42 Å². The van der Waals surface area contributed by atoms with Crippen LogP contribution in [0, 0.1) is 5.92 Å². The summed E-state index contributed by atoms with van der Waals surface area (Å²) in [6.07, 6.45) is 10.9. The maximum Gasteiger partial charge on any atom is 0.0687 e. The zero-order chi connectivity index (χ0) is 8.39. The van der Waals surface area contributed by atoms with Gasteiger partial charge in [-0.3, -0.25) is 0 Å². The van der Waals surface area contributed by atoms with Gasteiger partial charge in [-0.2, -0.15) is 0 Å². The van der Waals surface area contributed by atoms with E-state index in [0.717, 1.165) is 17.9 Å². The van der Waals surface area contributed by atoms with E-state index in [-0.39, 0.29) is 0 Å². The highest BCUT2D eigenvalue weighted by atomic mass is 32.1. The lowest BCUT2D eigenvalue weighted by molar-refractivity contribution is 0.0979. The van der Waals surface area contributed by atoms with Gasteiger partial charge in [-0.05, 0) is 18.9 Å². The lowest BCUT2D eigenvalue weighted by atomic mass is 9.93. The fraction of sp³-hybridized carbons (Fsp3) is 0.500. The molecule has 0 bridgehead atoms. The Bertz CT molecular complexity index is 236. The van der Waals surface area contributed by atoms with Crippen LogP contribution in [0.4, 0.5) is 0 Å². The van der Waals surface area contributed by atoms with Crippen molar-refractivity contribution in [1.82, 2.24) is 0 Å². The number of ether oxygens (including phenoxy) is 1. The molecule has 1 saturated heterocycles. The minimum absolute atomic E-state index is 0.346. The molecule has 0 aromatic heterocycles. The maximum absolute atomic E-state index is 5.59. The second kappa shape index (κ2) is 3.50. The molecule has 1 nitrogen and oxygen atoms in total. The van der Waals surface area contributed by atoms with Crippen molar-refractivity contribution in [3.8, 4) is 0 Å². The van der Waals surface area contributed by atoms with E-state index < -0.39 is 0 Å². The summed E-state index contributed by atoms with van der Waals surface area (Å²) in [5.41, 5.74) is 0. The molecule has 0 spiro atoms. The Morgan fingerprint density at radius 2 is 2.33 bits per heavy atom. The quantitative estimate of drug-likeness (QED) is 0.572. The van der Waals surface area contributed by atoms with Crippen LogP contribution < -0.4 is 0 Å². The Morgan fingerprint density at radius 1 is 1.42 bits per heavy atom. The zero-order valence-corrected chi connectivity index (χ0v) is 7.72. The summed E-state index contributed by atoms with van der Waals surface area (Å²) in [5.74, 6) is 0.354. The third-order valence-corrected chi connectivity index (χ3v) is 2.79. The first-order valence-corrected chi connectivity index (χ1v) is 4.79. The molecule has 0 amide bonds. The van der Waals surface area contributed by atoms with Gasteiger partial charge in [-0.15, -0.1) is 0 Å². The van der Waals surface area contributed by atoms with Gasteiger partial charge in [0.2, 0.25) is 0 Å². The minimum Gasteiger partial charge on any atom is -0.377 e. The molecule has 2 unspecified atom stereocenters. The van der Waals surface area contributed by atoms with Crippen molar-refractivity contribution in [3.63, 3.8) is 0 Å². The van der Waals surface area contributed by atoms with Gasteiger partial charge in [0.25, 0.3) is 0 Å². The monoisotopic (exact) mass is 180 g/mol. The number of allylic oxidation sites excluding steroid dienone is 3. The molecule has 0 aromatic rings. The normalized spacial score (nSPS) is 34.5. The van der Waals surface area contributed by atoms with Crippen LogP contribution in [0.1, 0.15) is 12.8 Å². The first-order valence-electron chi connectivity index (χ1n) is 4.38. The molecule has 0 aromatic carbocycles. The molecule has 1 aliphatic heterocycles. The molecule has 0 N–H and O–H groups in total. The maximum atomic E-state index is 5.59. The molecule has 1 fully saturated rings. The Morgan fingerprint density at radius 3 is 3.00 bits per heavy atom. The summed E-state index contributed by atoms with van der Waals surface area (Å²) in [4.78, 5) is 1.02. The molecule has 0 saturated carbocycles. The smallest absolute Gasteiger partial charge is 0.0687 e. The number of hydrogen-bond acceptors (Lipinski definition) is 2. The highest BCUT2D eigenvalue weighted by Crippen LogP contribution is 2.24. The standard InChI is InChI=1S/C10H12OS/c12-10-6-2-1-4-8(10)9-5-3-7-11-9/h1-2,4,6,8-9H,3,5,7H2. The predicted molar refractivity (Wildman–Crippen MR) is 53.3 cm³/mol. The van der Waals surface area contributed by atoms with Crippen LogP contribution in [-0.4, -0.2) is 17.6 Å². The van der Waals surface area contributed by atoms with Crippen molar-refractivity contribution < 1.29 is 4.74 Å². The molecule has 12 heavy (non-hydrogen) atoms. The first kappa shape index (κ1) is 8.14. The molecular formula is C10H12OS. The molecule has 0 radical (unpaired) electrons. The third-order valence-electron chi connectivity index (χ3n) is 2.38. The van der Waals surface area contributed by atoms with Crippen molar-refractivity contribution in [3.05, 3.63) is 24.3 Å². The van der Waals surface area contributed by atoms with Crippen LogP contribution in [0.3, 0.4) is 0 Å². The van der Waals surface area contributed by atoms with Gasteiger partial charge in [-0.25, -0.2) is 0 Å². The Balaban J connectivity index is 2.07.